The summed E-state index contributed by atoms with van der Waals surface area (Å²) >= 11 is 0. The molecule has 0 bridgehead atoms. The van der Waals surface area contributed by atoms with Crippen molar-refractivity contribution in [3.8, 4) is 5.69 Å². The van der Waals surface area contributed by atoms with E-state index in [4.69, 9.17) is 0 Å². The van der Waals surface area contributed by atoms with Crippen molar-refractivity contribution in [2.24, 2.45) is 0 Å². The number of anilines is 5. The number of hydrogen-bond acceptors (Lipinski definition) is 2. The molecule has 0 spiro atoms. The summed E-state index contributed by atoms with van der Waals surface area (Å²) in [6.07, 6.45) is 4.96. The lowest BCUT2D eigenvalue weighted by Crippen LogP contribution is -2.64. The van der Waals surface area contributed by atoms with Crippen LogP contribution in [0.15, 0.2) is 109 Å². The summed E-state index contributed by atoms with van der Waals surface area (Å²) in [5, 5.41) is 5.92. The Hall–Kier alpha value is -4.78. The fraction of sp³-hybridized carbons (Fsp3) is 0.308. The van der Waals surface area contributed by atoms with Gasteiger partial charge in [-0.2, -0.15) is 0 Å². The SMILES string of the molecule is Cc1cccc(N(c2cccc(C)c2)c2cc3c4c(c2)-n2c5ccc([Si](C)(C)C)cc5c5cc([Si](C)(C)C)cc(c52)B4c2cccc4c2N3C2(C)CCCCC42C)c1. The van der Waals surface area contributed by atoms with Crippen molar-refractivity contribution in [3.63, 3.8) is 0 Å². The molecule has 4 aliphatic rings. The number of aryl methyl sites for hydroxylation is 2. The van der Waals surface area contributed by atoms with Gasteiger partial charge in [-0.1, -0.05) is 136 Å². The van der Waals surface area contributed by atoms with Crippen LogP contribution in [0.5, 0.6) is 0 Å². The van der Waals surface area contributed by atoms with Gasteiger partial charge in [0, 0.05) is 50.1 Å². The highest BCUT2D eigenvalue weighted by Gasteiger charge is 2.61. The third kappa shape index (κ3) is 4.79. The second kappa shape index (κ2) is 11.9. The second-order valence-electron chi connectivity index (χ2n) is 20.8. The van der Waals surface area contributed by atoms with Gasteiger partial charge in [0.05, 0.1) is 32.9 Å². The molecule has 1 saturated carbocycles. The van der Waals surface area contributed by atoms with Crippen LogP contribution in [0.3, 0.4) is 0 Å². The van der Waals surface area contributed by atoms with E-state index in [9.17, 15) is 0 Å². The van der Waals surface area contributed by atoms with Crippen molar-refractivity contribution in [2.45, 2.75) is 104 Å². The lowest BCUT2D eigenvalue weighted by atomic mass is 9.33. The molecular weight excluding hydrogens is 734 g/mol. The Bertz CT molecular complexity index is 2870. The molecule has 0 N–H and O–H groups in total. The summed E-state index contributed by atoms with van der Waals surface area (Å²) in [7, 11) is -3.30. The minimum Gasteiger partial charge on any atom is -0.335 e. The first-order valence-corrected chi connectivity index (χ1v) is 28.8. The summed E-state index contributed by atoms with van der Waals surface area (Å²) in [6, 6.07) is 43.5. The van der Waals surface area contributed by atoms with E-state index in [1.54, 1.807) is 10.8 Å². The van der Waals surface area contributed by atoms with E-state index >= 15 is 0 Å². The maximum absolute atomic E-state index is 2.89. The Morgan fingerprint density at radius 2 is 1.24 bits per heavy atom. The molecule has 1 fully saturated rings. The Morgan fingerprint density at radius 3 is 1.91 bits per heavy atom. The van der Waals surface area contributed by atoms with Gasteiger partial charge >= 0.3 is 0 Å². The first-order chi connectivity index (χ1) is 27.6. The molecule has 0 radical (unpaired) electrons. The van der Waals surface area contributed by atoms with E-state index in [1.165, 1.54) is 114 Å². The van der Waals surface area contributed by atoms with Gasteiger partial charge in [0.1, 0.15) is 0 Å². The number of fused-ring (bicyclic) bond motifs is 10. The second-order valence-corrected chi connectivity index (χ2v) is 30.9. The quantitative estimate of drug-likeness (QED) is 0.161. The fourth-order valence-electron chi connectivity index (χ4n) is 11.8. The molecule has 2 atom stereocenters. The van der Waals surface area contributed by atoms with E-state index < -0.39 is 16.1 Å². The first kappa shape index (κ1) is 36.3. The minimum absolute atomic E-state index is 0.0423. The molecule has 2 unspecified atom stereocenters. The monoisotopic (exact) mass is 789 g/mol. The van der Waals surface area contributed by atoms with Gasteiger partial charge in [-0.05, 0) is 109 Å². The van der Waals surface area contributed by atoms with Gasteiger partial charge < -0.3 is 14.4 Å². The molecule has 58 heavy (non-hydrogen) atoms. The zero-order valence-corrected chi connectivity index (χ0v) is 38.1. The number of nitrogens with zero attached hydrogens (tertiary/aromatic N) is 3. The van der Waals surface area contributed by atoms with Crippen LogP contribution in [-0.2, 0) is 5.41 Å². The van der Waals surface area contributed by atoms with E-state index in [0.29, 0.717) is 0 Å². The molecule has 6 heteroatoms. The van der Waals surface area contributed by atoms with Gasteiger partial charge in [0.2, 0.25) is 0 Å². The van der Waals surface area contributed by atoms with Crippen molar-refractivity contribution < 1.29 is 0 Å². The van der Waals surface area contributed by atoms with Crippen LogP contribution in [0.2, 0.25) is 39.3 Å². The van der Waals surface area contributed by atoms with Crippen molar-refractivity contribution >= 4 is 99.9 Å². The van der Waals surface area contributed by atoms with E-state index in [1.807, 2.05) is 0 Å². The summed E-state index contributed by atoms with van der Waals surface area (Å²) in [5.41, 5.74) is 19.1. The van der Waals surface area contributed by atoms with Crippen LogP contribution in [0, 0.1) is 13.8 Å². The van der Waals surface area contributed by atoms with Crippen LogP contribution >= 0.6 is 0 Å². The molecule has 290 valence electrons. The first-order valence-electron chi connectivity index (χ1n) is 21.8. The Labute approximate surface area is 347 Å². The fourth-order valence-corrected chi connectivity index (χ4v) is 14.1. The van der Waals surface area contributed by atoms with Crippen LogP contribution in [0.1, 0.15) is 56.2 Å². The van der Waals surface area contributed by atoms with Gasteiger partial charge in [-0.3, -0.25) is 0 Å². The number of hydrogen-bond donors (Lipinski definition) is 0. The number of para-hydroxylation sites is 1. The summed E-state index contributed by atoms with van der Waals surface area (Å²) in [4.78, 5) is 5.42. The smallest absolute Gasteiger partial charge is 0.252 e. The number of aromatic nitrogens is 1. The average molecular weight is 790 g/mol. The van der Waals surface area contributed by atoms with Gasteiger partial charge in [-0.15, -0.1) is 0 Å². The zero-order valence-electron chi connectivity index (χ0n) is 36.1. The largest absolute Gasteiger partial charge is 0.335 e. The number of benzene rings is 6. The topological polar surface area (TPSA) is 11.4 Å². The van der Waals surface area contributed by atoms with Gasteiger partial charge in [0.25, 0.3) is 6.71 Å². The Kier molecular flexibility index (Phi) is 7.46. The molecule has 0 amide bonds. The summed E-state index contributed by atoms with van der Waals surface area (Å²) in [6.45, 7) is 24.8. The molecule has 1 aliphatic carbocycles. The van der Waals surface area contributed by atoms with Crippen molar-refractivity contribution in [1.82, 2.24) is 4.57 Å². The third-order valence-corrected chi connectivity index (χ3v) is 19.1. The molecular formula is C52H56BN3Si2. The van der Waals surface area contributed by atoms with Gasteiger partial charge in [-0.25, -0.2) is 0 Å². The van der Waals surface area contributed by atoms with Crippen LogP contribution in [0.4, 0.5) is 28.4 Å². The maximum Gasteiger partial charge on any atom is 0.252 e. The van der Waals surface area contributed by atoms with Crippen LogP contribution in [0.25, 0.3) is 27.5 Å². The number of rotatable bonds is 5. The third-order valence-electron chi connectivity index (χ3n) is 15.1. The lowest BCUT2D eigenvalue weighted by Gasteiger charge is -2.52. The van der Waals surface area contributed by atoms with E-state index in [-0.39, 0.29) is 17.7 Å². The molecule has 4 heterocycles. The van der Waals surface area contributed by atoms with E-state index in [0.717, 1.165) is 0 Å². The predicted octanol–water partition coefficient (Wildman–Crippen LogP) is 10.8. The van der Waals surface area contributed by atoms with Gasteiger partial charge in [0.15, 0.2) is 0 Å². The minimum atomic E-state index is -1.71. The highest BCUT2D eigenvalue weighted by atomic mass is 28.3. The highest BCUT2D eigenvalue weighted by Crippen LogP contribution is 2.61. The highest BCUT2D eigenvalue weighted by molar-refractivity contribution is 7.01. The van der Waals surface area contributed by atoms with Crippen molar-refractivity contribution in [1.29, 1.82) is 0 Å². The normalized spacial score (nSPS) is 20.4. The molecule has 3 aliphatic heterocycles. The van der Waals surface area contributed by atoms with Crippen LogP contribution < -0.4 is 36.6 Å². The van der Waals surface area contributed by atoms with E-state index in [2.05, 4.69) is 191 Å². The Morgan fingerprint density at radius 1 is 0.603 bits per heavy atom. The molecule has 6 aromatic carbocycles. The zero-order chi connectivity index (χ0) is 40.3. The molecule has 7 aromatic rings. The molecule has 0 saturated heterocycles. The van der Waals surface area contributed by atoms with Crippen molar-refractivity contribution in [2.75, 3.05) is 9.80 Å². The van der Waals surface area contributed by atoms with Crippen LogP contribution in [-0.4, -0.2) is 33.0 Å². The maximum atomic E-state index is 2.89. The summed E-state index contributed by atoms with van der Waals surface area (Å²) in [5.74, 6) is 0. The lowest BCUT2D eigenvalue weighted by molar-refractivity contribution is 0.195. The predicted molar refractivity (Wildman–Crippen MR) is 258 cm³/mol. The Balaban J connectivity index is 1.33. The molecule has 11 rings (SSSR count). The summed E-state index contributed by atoms with van der Waals surface area (Å²) < 4.78 is 2.71. The molecule has 1 aromatic heterocycles. The average Bonchev–Trinajstić information content (AvgIpc) is 3.61. The van der Waals surface area contributed by atoms with Crippen molar-refractivity contribution in [3.05, 3.63) is 126 Å². The standard InChI is InChI=1S/C52H56BN3Si2/c1-33-16-13-18-35(26-33)54(36-19-14-17-34(2)27-36)37-28-46-48-47(29-37)56-50-42(51(3)24-11-12-25-52(51,56)4)20-15-21-43(50)53(48)44-32-39(58(8,9)10)31-41-40-30-38(57(5,6)7)22-23-45(40)55(46)49(41)44/h13-23,26-32H,11-12,24-25H2,1-10H3. The molecule has 3 nitrogen and oxygen atoms in total.